The number of ether oxygens (including phenoxy) is 2. The van der Waals surface area contributed by atoms with Crippen LogP contribution < -0.4 is 9.47 Å². The first-order chi connectivity index (χ1) is 7.62. The normalized spacial score (nSPS) is 20.2. The fourth-order valence-corrected chi connectivity index (χ4v) is 2.36. The van der Waals surface area contributed by atoms with E-state index in [1.807, 2.05) is 12.1 Å². The van der Waals surface area contributed by atoms with E-state index in [4.69, 9.17) is 9.47 Å². The van der Waals surface area contributed by atoms with E-state index in [0.29, 0.717) is 5.92 Å². The first-order valence-electron chi connectivity index (χ1n) is 5.77. The summed E-state index contributed by atoms with van der Waals surface area (Å²) in [7, 11) is 0. The summed E-state index contributed by atoms with van der Waals surface area (Å²) in [6, 6.07) is 3.88. The Kier molecular flexibility index (Phi) is 1.96. The summed E-state index contributed by atoms with van der Waals surface area (Å²) in [5.41, 5.74) is 1.52. The maximum atomic E-state index is 10.3. The third-order valence-electron chi connectivity index (χ3n) is 3.38. The van der Waals surface area contributed by atoms with Gasteiger partial charge in [0, 0.05) is 5.56 Å². The Labute approximate surface area is 95.0 Å². The summed E-state index contributed by atoms with van der Waals surface area (Å²) in [6.45, 7) is 4.52. The molecule has 3 rings (SSSR count). The Morgan fingerprint density at radius 3 is 2.62 bits per heavy atom. The Morgan fingerprint density at radius 1 is 1.25 bits per heavy atom. The maximum Gasteiger partial charge on any atom is 0.231 e. The van der Waals surface area contributed by atoms with Crippen molar-refractivity contribution in [1.29, 1.82) is 0 Å². The lowest BCUT2D eigenvalue weighted by Gasteiger charge is -2.18. The molecule has 0 bridgehead atoms. The smallest absolute Gasteiger partial charge is 0.231 e. The van der Waals surface area contributed by atoms with Gasteiger partial charge in [0.1, 0.15) is 0 Å². The molecule has 1 aromatic carbocycles. The predicted octanol–water partition coefficient (Wildman–Crippen LogP) is 2.52. The molecule has 1 aliphatic carbocycles. The van der Waals surface area contributed by atoms with Gasteiger partial charge in [-0.1, -0.05) is 19.9 Å². The molecule has 1 aliphatic heterocycles. The van der Waals surface area contributed by atoms with E-state index in [9.17, 15) is 5.11 Å². The van der Waals surface area contributed by atoms with Crippen LogP contribution in [0.4, 0.5) is 0 Å². The molecule has 0 saturated heterocycles. The van der Waals surface area contributed by atoms with Gasteiger partial charge < -0.3 is 14.6 Å². The van der Waals surface area contributed by atoms with Crippen molar-refractivity contribution in [3.63, 3.8) is 0 Å². The quantitative estimate of drug-likeness (QED) is 0.832. The molecule has 0 amide bonds. The van der Waals surface area contributed by atoms with Crippen molar-refractivity contribution >= 4 is 0 Å². The van der Waals surface area contributed by atoms with E-state index in [0.717, 1.165) is 35.5 Å². The molecule has 0 spiro atoms. The number of rotatable bonds is 2. The zero-order chi connectivity index (χ0) is 11.3. The van der Waals surface area contributed by atoms with Gasteiger partial charge in [0.2, 0.25) is 6.79 Å². The van der Waals surface area contributed by atoms with Crippen molar-refractivity contribution in [2.75, 3.05) is 6.79 Å². The first-order valence-corrected chi connectivity index (χ1v) is 5.77. The minimum absolute atomic E-state index is 0.289. The van der Waals surface area contributed by atoms with Gasteiger partial charge in [-0.3, -0.25) is 0 Å². The molecule has 16 heavy (non-hydrogen) atoms. The summed E-state index contributed by atoms with van der Waals surface area (Å²) in [6.07, 6.45) is 1.71. The van der Waals surface area contributed by atoms with Crippen LogP contribution in [0.1, 0.15) is 43.7 Å². The second kappa shape index (κ2) is 3.14. The second-order valence-corrected chi connectivity index (χ2v) is 4.95. The Balaban J connectivity index is 2.18. The van der Waals surface area contributed by atoms with Crippen LogP contribution >= 0.6 is 0 Å². The van der Waals surface area contributed by atoms with Crippen LogP contribution in [0, 0.1) is 0 Å². The summed E-state index contributed by atoms with van der Waals surface area (Å²) in [5.74, 6) is 1.96. The zero-order valence-electron chi connectivity index (χ0n) is 9.62. The topological polar surface area (TPSA) is 38.7 Å². The highest BCUT2D eigenvalue weighted by Gasteiger charge is 2.45. The molecule has 1 heterocycles. The predicted molar refractivity (Wildman–Crippen MR) is 59.8 cm³/mol. The molecule has 1 N–H and O–H groups in total. The van der Waals surface area contributed by atoms with E-state index in [1.54, 1.807) is 0 Å². The van der Waals surface area contributed by atoms with E-state index in [2.05, 4.69) is 13.8 Å². The van der Waals surface area contributed by atoms with Gasteiger partial charge in [0.15, 0.2) is 11.5 Å². The van der Waals surface area contributed by atoms with Crippen LogP contribution in [0.3, 0.4) is 0 Å². The Hall–Kier alpha value is -1.22. The summed E-state index contributed by atoms with van der Waals surface area (Å²) < 4.78 is 10.9. The first kappa shape index (κ1) is 9.97. The van der Waals surface area contributed by atoms with Gasteiger partial charge in [-0.15, -0.1) is 0 Å². The molecule has 1 fully saturated rings. The summed E-state index contributed by atoms with van der Waals surface area (Å²) in [5, 5.41) is 10.3. The molecular weight excluding hydrogens is 204 g/mol. The molecule has 0 radical (unpaired) electrons. The van der Waals surface area contributed by atoms with Crippen LogP contribution in [0.25, 0.3) is 0 Å². The Bertz CT molecular complexity index is 433. The van der Waals surface area contributed by atoms with Crippen molar-refractivity contribution in [2.45, 2.75) is 38.2 Å². The summed E-state index contributed by atoms with van der Waals surface area (Å²) in [4.78, 5) is 0. The van der Waals surface area contributed by atoms with Gasteiger partial charge in [0.25, 0.3) is 0 Å². The highest BCUT2D eigenvalue weighted by molar-refractivity contribution is 5.56. The fraction of sp³-hybridized carbons (Fsp3) is 0.538. The molecule has 0 unspecified atom stereocenters. The lowest BCUT2D eigenvalue weighted by atomic mass is 9.91. The maximum absolute atomic E-state index is 10.3. The number of aliphatic hydroxyl groups is 1. The highest BCUT2D eigenvalue weighted by Crippen LogP contribution is 2.52. The molecule has 3 heteroatoms. The van der Waals surface area contributed by atoms with Crippen LogP contribution in [0.2, 0.25) is 0 Å². The fourth-order valence-electron chi connectivity index (χ4n) is 2.36. The van der Waals surface area contributed by atoms with Crippen molar-refractivity contribution in [3.05, 3.63) is 23.3 Å². The minimum atomic E-state index is -0.611. The molecule has 3 nitrogen and oxygen atoms in total. The second-order valence-electron chi connectivity index (χ2n) is 4.95. The van der Waals surface area contributed by atoms with Crippen LogP contribution in [0.15, 0.2) is 12.1 Å². The van der Waals surface area contributed by atoms with Crippen molar-refractivity contribution in [2.24, 2.45) is 0 Å². The van der Waals surface area contributed by atoms with Gasteiger partial charge in [-0.2, -0.15) is 0 Å². The molecule has 0 aromatic heterocycles. The van der Waals surface area contributed by atoms with E-state index in [-0.39, 0.29) is 6.79 Å². The van der Waals surface area contributed by atoms with E-state index >= 15 is 0 Å². The van der Waals surface area contributed by atoms with Gasteiger partial charge in [0.05, 0.1) is 5.60 Å². The van der Waals surface area contributed by atoms with Gasteiger partial charge in [-0.25, -0.2) is 0 Å². The van der Waals surface area contributed by atoms with Crippen LogP contribution in [-0.2, 0) is 5.60 Å². The number of hydrogen-bond acceptors (Lipinski definition) is 3. The number of hydrogen-bond donors (Lipinski definition) is 1. The molecule has 1 aromatic rings. The highest BCUT2D eigenvalue weighted by atomic mass is 16.7. The third kappa shape index (κ3) is 1.31. The average Bonchev–Trinajstić information content (AvgIpc) is 2.82. The van der Waals surface area contributed by atoms with Crippen molar-refractivity contribution in [3.8, 4) is 11.5 Å². The molecular formula is C13H16O3. The largest absolute Gasteiger partial charge is 0.454 e. The molecule has 0 atom stereocenters. The van der Waals surface area contributed by atoms with Crippen molar-refractivity contribution < 1.29 is 14.6 Å². The van der Waals surface area contributed by atoms with Gasteiger partial charge >= 0.3 is 0 Å². The Morgan fingerprint density at radius 2 is 2.00 bits per heavy atom. The van der Waals surface area contributed by atoms with Crippen molar-refractivity contribution in [1.82, 2.24) is 0 Å². The van der Waals surface area contributed by atoms with Crippen LogP contribution in [-0.4, -0.2) is 11.9 Å². The standard InChI is InChI=1S/C13H16O3/c1-8(2)11-9(13(14)5-6-13)3-4-10-12(11)16-7-15-10/h3-4,8,14H,5-7H2,1-2H3. The number of benzene rings is 1. The molecule has 1 saturated carbocycles. The average molecular weight is 220 g/mol. The summed E-state index contributed by atoms with van der Waals surface area (Å²) >= 11 is 0. The lowest BCUT2D eigenvalue weighted by Crippen LogP contribution is -2.10. The number of fused-ring (bicyclic) bond motifs is 1. The van der Waals surface area contributed by atoms with E-state index < -0.39 is 5.60 Å². The third-order valence-corrected chi connectivity index (χ3v) is 3.38. The monoisotopic (exact) mass is 220 g/mol. The van der Waals surface area contributed by atoms with Gasteiger partial charge in [-0.05, 0) is 30.4 Å². The van der Waals surface area contributed by atoms with Crippen LogP contribution in [0.5, 0.6) is 11.5 Å². The van der Waals surface area contributed by atoms with E-state index in [1.165, 1.54) is 0 Å². The molecule has 86 valence electrons. The lowest BCUT2D eigenvalue weighted by molar-refractivity contribution is 0.148. The SMILES string of the molecule is CC(C)c1c(C2(O)CC2)ccc2c1OCO2. The zero-order valence-corrected chi connectivity index (χ0v) is 9.62. The molecule has 2 aliphatic rings. The minimum Gasteiger partial charge on any atom is -0.454 e.